The Kier molecular flexibility index (Phi) is 4.62. The van der Waals surface area contributed by atoms with Gasteiger partial charge in [0.2, 0.25) is 11.8 Å². The molecule has 6 nitrogen and oxygen atoms in total. The van der Waals surface area contributed by atoms with Crippen LogP contribution in [0.2, 0.25) is 0 Å². The molecule has 0 radical (unpaired) electrons. The SMILES string of the molecule is CCc1c(C(=O)CN2C(=O)CC3(CCSC3)C2=O)[nH]c(C)c1C(C)=O. The van der Waals surface area contributed by atoms with E-state index in [-0.39, 0.29) is 36.3 Å². The Morgan fingerprint density at radius 3 is 2.60 bits per heavy atom. The first kappa shape index (κ1) is 17.9. The molecule has 1 spiro atoms. The number of Topliss-reactive ketones (excluding diaryl/α,β-unsaturated/α-hetero) is 2. The highest BCUT2D eigenvalue weighted by Crippen LogP contribution is 2.44. The normalized spacial score (nSPS) is 23.1. The van der Waals surface area contributed by atoms with Crippen LogP contribution in [0.1, 0.15) is 58.8 Å². The molecule has 1 atom stereocenters. The summed E-state index contributed by atoms with van der Waals surface area (Å²) in [5.41, 5.74) is 1.59. The van der Waals surface area contributed by atoms with Crippen LogP contribution in [0.15, 0.2) is 0 Å². The molecule has 25 heavy (non-hydrogen) atoms. The number of aromatic amines is 1. The molecule has 0 saturated carbocycles. The fraction of sp³-hybridized carbons (Fsp3) is 0.556. The second kappa shape index (κ2) is 6.44. The maximum Gasteiger partial charge on any atom is 0.237 e. The smallest absolute Gasteiger partial charge is 0.237 e. The van der Waals surface area contributed by atoms with Gasteiger partial charge < -0.3 is 4.98 Å². The lowest BCUT2D eigenvalue weighted by molar-refractivity contribution is -0.140. The third-order valence-corrected chi connectivity index (χ3v) is 6.42. The summed E-state index contributed by atoms with van der Waals surface area (Å²) >= 11 is 1.68. The Bertz CT molecular complexity index is 774. The molecule has 2 aliphatic rings. The first-order valence-electron chi connectivity index (χ1n) is 8.49. The Morgan fingerprint density at radius 2 is 2.04 bits per heavy atom. The summed E-state index contributed by atoms with van der Waals surface area (Å²) in [4.78, 5) is 53.8. The summed E-state index contributed by atoms with van der Waals surface area (Å²) in [5, 5.41) is 0. The van der Waals surface area contributed by atoms with E-state index in [9.17, 15) is 19.2 Å². The Balaban J connectivity index is 1.86. The van der Waals surface area contributed by atoms with Crippen LogP contribution in [-0.2, 0) is 16.0 Å². The van der Waals surface area contributed by atoms with Crippen LogP contribution in [0.5, 0.6) is 0 Å². The number of likely N-dealkylation sites (tertiary alicyclic amines) is 1. The number of nitrogens with zero attached hydrogens (tertiary/aromatic N) is 1. The molecule has 1 aromatic rings. The molecular formula is C18H22N2O4S. The van der Waals surface area contributed by atoms with Crippen molar-refractivity contribution in [2.45, 2.75) is 40.0 Å². The third kappa shape index (κ3) is 2.84. The van der Waals surface area contributed by atoms with Gasteiger partial charge in [0.25, 0.3) is 0 Å². The average Bonchev–Trinajstić information content (AvgIpc) is 3.21. The molecule has 134 valence electrons. The fourth-order valence-corrected chi connectivity index (χ4v) is 5.34. The van der Waals surface area contributed by atoms with E-state index in [0.717, 1.165) is 10.7 Å². The zero-order valence-electron chi connectivity index (χ0n) is 14.7. The number of ketones is 2. The molecule has 3 heterocycles. The van der Waals surface area contributed by atoms with Crippen molar-refractivity contribution in [1.29, 1.82) is 0 Å². The number of imide groups is 1. The summed E-state index contributed by atoms with van der Waals surface area (Å²) < 4.78 is 0. The maximum atomic E-state index is 12.8. The third-order valence-electron chi connectivity index (χ3n) is 5.17. The number of rotatable bonds is 5. The van der Waals surface area contributed by atoms with E-state index in [1.54, 1.807) is 18.7 Å². The van der Waals surface area contributed by atoms with Crippen molar-refractivity contribution >= 4 is 35.1 Å². The summed E-state index contributed by atoms with van der Waals surface area (Å²) in [7, 11) is 0. The predicted octanol–water partition coefficient (Wildman–Crippen LogP) is 2.15. The van der Waals surface area contributed by atoms with Crippen molar-refractivity contribution in [2.24, 2.45) is 5.41 Å². The van der Waals surface area contributed by atoms with Crippen LogP contribution >= 0.6 is 11.8 Å². The minimum absolute atomic E-state index is 0.0973. The molecule has 2 amide bonds. The monoisotopic (exact) mass is 362 g/mol. The van der Waals surface area contributed by atoms with Gasteiger partial charge in [-0.15, -0.1) is 0 Å². The van der Waals surface area contributed by atoms with Gasteiger partial charge in [-0.3, -0.25) is 24.1 Å². The van der Waals surface area contributed by atoms with E-state index < -0.39 is 5.41 Å². The second-order valence-corrected chi connectivity index (χ2v) is 7.96. The van der Waals surface area contributed by atoms with Crippen molar-refractivity contribution in [3.63, 3.8) is 0 Å². The standard InChI is InChI=1S/C18H22N2O4S/c1-4-12-15(11(3)21)10(2)19-16(12)13(22)8-20-14(23)7-18(17(20)24)5-6-25-9-18/h19H,4-9H2,1-3H3. The van der Waals surface area contributed by atoms with E-state index >= 15 is 0 Å². The number of thioether (sulfide) groups is 1. The second-order valence-electron chi connectivity index (χ2n) is 6.86. The zero-order valence-corrected chi connectivity index (χ0v) is 15.5. The molecule has 0 aromatic carbocycles. The van der Waals surface area contributed by atoms with Gasteiger partial charge in [0.05, 0.1) is 17.7 Å². The molecule has 2 saturated heterocycles. The quantitative estimate of drug-likeness (QED) is 0.641. The number of carbonyl (C=O) groups excluding carboxylic acids is 4. The highest BCUT2D eigenvalue weighted by atomic mass is 32.2. The Labute approximate surface area is 150 Å². The van der Waals surface area contributed by atoms with Crippen LogP contribution < -0.4 is 0 Å². The summed E-state index contributed by atoms with van der Waals surface area (Å²) in [5.74, 6) is 0.617. The molecule has 2 fully saturated rings. The molecule has 2 aliphatic heterocycles. The van der Waals surface area contributed by atoms with Gasteiger partial charge in [0.15, 0.2) is 11.6 Å². The van der Waals surface area contributed by atoms with Crippen molar-refractivity contribution < 1.29 is 19.2 Å². The lowest BCUT2D eigenvalue weighted by Crippen LogP contribution is -2.39. The number of nitrogens with one attached hydrogen (secondary N) is 1. The van der Waals surface area contributed by atoms with Gasteiger partial charge in [-0.1, -0.05) is 6.92 Å². The van der Waals surface area contributed by atoms with Crippen LogP contribution in [0, 0.1) is 12.3 Å². The molecule has 7 heteroatoms. The van der Waals surface area contributed by atoms with Crippen molar-refractivity contribution in [3.8, 4) is 0 Å². The van der Waals surface area contributed by atoms with Crippen molar-refractivity contribution in [3.05, 3.63) is 22.5 Å². The largest absolute Gasteiger partial charge is 0.355 e. The van der Waals surface area contributed by atoms with Gasteiger partial charge in [-0.25, -0.2) is 0 Å². The van der Waals surface area contributed by atoms with Gasteiger partial charge >= 0.3 is 0 Å². The Morgan fingerprint density at radius 1 is 1.32 bits per heavy atom. The van der Waals surface area contributed by atoms with Crippen LogP contribution in [-0.4, -0.2) is 51.3 Å². The minimum atomic E-state index is -0.605. The number of aromatic nitrogens is 1. The number of amides is 2. The molecule has 0 aliphatic carbocycles. The van der Waals surface area contributed by atoms with Crippen LogP contribution in [0.3, 0.4) is 0 Å². The summed E-state index contributed by atoms with van der Waals surface area (Å²) in [6, 6.07) is 0. The number of hydrogen-bond acceptors (Lipinski definition) is 5. The molecule has 1 aromatic heterocycles. The highest BCUT2D eigenvalue weighted by Gasteiger charge is 2.53. The van der Waals surface area contributed by atoms with Crippen molar-refractivity contribution in [2.75, 3.05) is 18.1 Å². The number of aryl methyl sites for hydroxylation is 1. The van der Waals surface area contributed by atoms with Gasteiger partial charge in [-0.2, -0.15) is 11.8 Å². The van der Waals surface area contributed by atoms with Crippen LogP contribution in [0.4, 0.5) is 0 Å². The predicted molar refractivity (Wildman–Crippen MR) is 95.0 cm³/mol. The Hall–Kier alpha value is -1.89. The van der Waals surface area contributed by atoms with Crippen molar-refractivity contribution in [1.82, 2.24) is 9.88 Å². The van der Waals surface area contributed by atoms with E-state index in [1.165, 1.54) is 6.92 Å². The lowest BCUT2D eigenvalue weighted by atomic mass is 9.86. The van der Waals surface area contributed by atoms with E-state index in [0.29, 0.717) is 41.1 Å². The van der Waals surface area contributed by atoms with Gasteiger partial charge in [0, 0.05) is 23.4 Å². The van der Waals surface area contributed by atoms with Gasteiger partial charge in [0.1, 0.15) is 0 Å². The highest BCUT2D eigenvalue weighted by molar-refractivity contribution is 7.99. The number of H-pyrrole nitrogens is 1. The van der Waals surface area contributed by atoms with Gasteiger partial charge in [-0.05, 0) is 38.0 Å². The van der Waals surface area contributed by atoms with E-state index in [1.807, 2.05) is 6.92 Å². The first-order valence-corrected chi connectivity index (χ1v) is 9.64. The molecule has 1 unspecified atom stereocenters. The molecular weight excluding hydrogens is 340 g/mol. The summed E-state index contributed by atoms with van der Waals surface area (Å²) in [6.45, 7) is 4.85. The average molecular weight is 362 g/mol. The molecule has 3 rings (SSSR count). The van der Waals surface area contributed by atoms with Crippen LogP contribution in [0.25, 0.3) is 0 Å². The topological polar surface area (TPSA) is 87.3 Å². The number of hydrogen-bond donors (Lipinski definition) is 1. The summed E-state index contributed by atoms with van der Waals surface area (Å²) in [6.07, 6.45) is 1.43. The van der Waals surface area contributed by atoms with E-state index in [2.05, 4.69) is 4.98 Å². The molecule has 1 N–H and O–H groups in total. The number of carbonyl (C=O) groups is 4. The minimum Gasteiger partial charge on any atom is -0.355 e. The zero-order chi connectivity index (χ0) is 18.4. The maximum absolute atomic E-state index is 12.8. The fourth-order valence-electron chi connectivity index (χ4n) is 3.90. The van der Waals surface area contributed by atoms with E-state index in [4.69, 9.17) is 0 Å². The lowest BCUT2D eigenvalue weighted by Gasteiger charge is -2.19. The first-order chi connectivity index (χ1) is 11.8. The molecule has 0 bridgehead atoms.